The molecule has 0 aliphatic rings. The summed E-state index contributed by atoms with van der Waals surface area (Å²) in [5.41, 5.74) is 1.90. The fourth-order valence-electron chi connectivity index (χ4n) is 2.32. The number of aromatic nitrogens is 2. The molecule has 4 nitrogen and oxygen atoms in total. The van der Waals surface area contributed by atoms with Gasteiger partial charge in [0, 0.05) is 12.7 Å². The molecule has 2 N–H and O–H groups in total. The molecule has 9 heteroatoms. The third kappa shape index (κ3) is 5.65. The molecular formula is C18H14BrCl2FN4S. The monoisotopic (exact) mass is 486 g/mol. The van der Waals surface area contributed by atoms with Gasteiger partial charge in [-0.2, -0.15) is 5.10 Å². The predicted octanol–water partition coefficient (Wildman–Crippen LogP) is 5.63. The van der Waals surface area contributed by atoms with E-state index in [0.717, 1.165) is 15.6 Å². The van der Waals surface area contributed by atoms with Gasteiger partial charge in [0.25, 0.3) is 0 Å². The van der Waals surface area contributed by atoms with Gasteiger partial charge in [-0.25, -0.2) is 4.39 Å². The van der Waals surface area contributed by atoms with Crippen molar-refractivity contribution >= 4 is 62.3 Å². The minimum absolute atomic E-state index is 0.268. The highest BCUT2D eigenvalue weighted by molar-refractivity contribution is 9.10. The van der Waals surface area contributed by atoms with E-state index in [1.165, 1.54) is 12.1 Å². The van der Waals surface area contributed by atoms with Gasteiger partial charge in [-0.15, -0.1) is 0 Å². The van der Waals surface area contributed by atoms with Crippen LogP contribution in [0.2, 0.25) is 10.0 Å². The average molecular weight is 488 g/mol. The van der Waals surface area contributed by atoms with Crippen LogP contribution in [0, 0.1) is 5.82 Å². The first kappa shape index (κ1) is 20.1. The van der Waals surface area contributed by atoms with Crippen molar-refractivity contribution in [2.75, 3.05) is 5.32 Å². The number of halogens is 4. The van der Waals surface area contributed by atoms with Crippen LogP contribution in [-0.4, -0.2) is 14.9 Å². The summed E-state index contributed by atoms with van der Waals surface area (Å²) in [6, 6.07) is 11.7. The molecule has 3 rings (SSSR count). The summed E-state index contributed by atoms with van der Waals surface area (Å²) in [6.07, 6.45) is 1.84. The number of nitrogens with one attached hydrogen (secondary N) is 2. The molecule has 1 aromatic heterocycles. The summed E-state index contributed by atoms with van der Waals surface area (Å²) in [6.45, 7) is 1.01. The summed E-state index contributed by atoms with van der Waals surface area (Å²) in [5.74, 6) is 0.322. The van der Waals surface area contributed by atoms with Crippen LogP contribution in [-0.2, 0) is 13.1 Å². The lowest BCUT2D eigenvalue weighted by molar-refractivity contribution is 0.627. The average Bonchev–Trinajstić information content (AvgIpc) is 2.96. The van der Waals surface area contributed by atoms with Gasteiger partial charge in [-0.3, -0.25) is 4.68 Å². The Morgan fingerprint density at radius 3 is 2.52 bits per heavy atom. The molecule has 0 saturated carbocycles. The van der Waals surface area contributed by atoms with E-state index in [1.54, 1.807) is 22.9 Å². The number of anilines is 1. The standard InChI is InChI=1S/C18H14BrCl2FN4S/c19-14-10-26(9-12-3-6-15(20)16(21)7-12)25-17(14)24-18(27)23-8-11-1-4-13(22)5-2-11/h1-7,10H,8-9H2,(H2,23,24,25,27). The van der Waals surface area contributed by atoms with Crippen molar-refractivity contribution in [1.82, 2.24) is 15.1 Å². The number of nitrogens with zero attached hydrogens (tertiary/aromatic N) is 2. The van der Waals surface area contributed by atoms with Crippen LogP contribution in [0.3, 0.4) is 0 Å². The summed E-state index contributed by atoms with van der Waals surface area (Å²) >= 11 is 20.7. The molecule has 2 aromatic carbocycles. The topological polar surface area (TPSA) is 41.9 Å². The number of rotatable bonds is 5. The summed E-state index contributed by atoms with van der Waals surface area (Å²) in [4.78, 5) is 0. The van der Waals surface area contributed by atoms with Gasteiger partial charge in [-0.1, -0.05) is 41.4 Å². The third-order valence-corrected chi connectivity index (χ3v) is 5.21. The summed E-state index contributed by atoms with van der Waals surface area (Å²) in [7, 11) is 0. The predicted molar refractivity (Wildman–Crippen MR) is 115 cm³/mol. The largest absolute Gasteiger partial charge is 0.358 e. The van der Waals surface area contributed by atoms with Gasteiger partial charge in [-0.05, 0) is 63.5 Å². The highest BCUT2D eigenvalue weighted by atomic mass is 79.9. The maximum Gasteiger partial charge on any atom is 0.172 e. The molecule has 0 aliphatic carbocycles. The second-order valence-corrected chi connectivity index (χ2v) is 7.78. The second-order valence-electron chi connectivity index (χ2n) is 5.71. The van der Waals surface area contributed by atoms with Crippen LogP contribution in [0.4, 0.5) is 10.2 Å². The Balaban J connectivity index is 1.59. The molecule has 27 heavy (non-hydrogen) atoms. The van der Waals surface area contributed by atoms with E-state index in [0.29, 0.717) is 34.1 Å². The molecule has 0 radical (unpaired) electrons. The van der Waals surface area contributed by atoms with Crippen LogP contribution < -0.4 is 10.6 Å². The minimum atomic E-state index is -0.268. The van der Waals surface area contributed by atoms with Crippen molar-refractivity contribution in [3.05, 3.63) is 80.1 Å². The van der Waals surface area contributed by atoms with E-state index >= 15 is 0 Å². The molecule has 0 spiro atoms. The van der Waals surface area contributed by atoms with Crippen LogP contribution in [0.1, 0.15) is 11.1 Å². The maximum atomic E-state index is 12.9. The molecular weight excluding hydrogens is 474 g/mol. The second kappa shape index (κ2) is 9.01. The number of benzene rings is 2. The lowest BCUT2D eigenvalue weighted by Gasteiger charge is -2.09. The Morgan fingerprint density at radius 1 is 1.11 bits per heavy atom. The molecule has 1 heterocycles. The molecule has 0 aliphatic heterocycles. The lowest BCUT2D eigenvalue weighted by atomic mass is 10.2. The molecule has 3 aromatic rings. The van der Waals surface area contributed by atoms with Crippen LogP contribution in [0.25, 0.3) is 0 Å². The van der Waals surface area contributed by atoms with Crippen molar-refractivity contribution in [1.29, 1.82) is 0 Å². The first-order valence-corrected chi connectivity index (χ1v) is 9.82. The Bertz CT molecular complexity index is 962. The summed E-state index contributed by atoms with van der Waals surface area (Å²) in [5, 5.41) is 12.0. The van der Waals surface area contributed by atoms with E-state index in [1.807, 2.05) is 18.3 Å². The Hall–Kier alpha value is -1.67. The zero-order valence-electron chi connectivity index (χ0n) is 13.8. The first-order chi connectivity index (χ1) is 12.9. The molecule has 0 fully saturated rings. The number of hydrogen-bond donors (Lipinski definition) is 2. The van der Waals surface area contributed by atoms with E-state index in [9.17, 15) is 4.39 Å². The minimum Gasteiger partial charge on any atom is -0.358 e. The van der Waals surface area contributed by atoms with E-state index in [4.69, 9.17) is 35.4 Å². The van der Waals surface area contributed by atoms with Gasteiger partial charge in [0.05, 0.1) is 21.1 Å². The maximum absolute atomic E-state index is 12.9. The number of thiocarbonyl (C=S) groups is 1. The zero-order chi connectivity index (χ0) is 19.4. The summed E-state index contributed by atoms with van der Waals surface area (Å²) < 4.78 is 15.5. The number of hydrogen-bond acceptors (Lipinski definition) is 2. The van der Waals surface area contributed by atoms with Gasteiger partial charge in [0.2, 0.25) is 0 Å². The van der Waals surface area contributed by atoms with Crippen molar-refractivity contribution < 1.29 is 4.39 Å². The molecule has 0 unspecified atom stereocenters. The van der Waals surface area contributed by atoms with Crippen LogP contribution in [0.5, 0.6) is 0 Å². The SMILES string of the molecule is Fc1ccc(CNC(=S)Nc2nn(Cc3ccc(Cl)c(Cl)c3)cc2Br)cc1. The molecule has 140 valence electrons. The van der Waals surface area contributed by atoms with Gasteiger partial charge in [0.15, 0.2) is 10.9 Å². The van der Waals surface area contributed by atoms with E-state index in [-0.39, 0.29) is 5.82 Å². The molecule has 0 amide bonds. The smallest absolute Gasteiger partial charge is 0.172 e. The molecule has 0 saturated heterocycles. The fourth-order valence-corrected chi connectivity index (χ4v) is 3.23. The van der Waals surface area contributed by atoms with Crippen molar-refractivity contribution in [2.45, 2.75) is 13.1 Å². The highest BCUT2D eigenvalue weighted by Crippen LogP contribution is 2.24. The van der Waals surface area contributed by atoms with Crippen LogP contribution in [0.15, 0.2) is 53.1 Å². The van der Waals surface area contributed by atoms with Crippen molar-refractivity contribution in [2.24, 2.45) is 0 Å². The van der Waals surface area contributed by atoms with E-state index in [2.05, 4.69) is 31.7 Å². The first-order valence-electron chi connectivity index (χ1n) is 7.87. The molecule has 0 bridgehead atoms. The third-order valence-electron chi connectivity index (χ3n) is 3.64. The quantitative estimate of drug-likeness (QED) is 0.458. The van der Waals surface area contributed by atoms with Crippen molar-refractivity contribution in [3.63, 3.8) is 0 Å². The van der Waals surface area contributed by atoms with Crippen molar-refractivity contribution in [3.8, 4) is 0 Å². The van der Waals surface area contributed by atoms with Crippen LogP contribution >= 0.6 is 51.3 Å². The van der Waals surface area contributed by atoms with Gasteiger partial charge in [0.1, 0.15) is 5.82 Å². The van der Waals surface area contributed by atoms with Gasteiger partial charge >= 0.3 is 0 Å². The fraction of sp³-hybridized carbons (Fsp3) is 0.111. The molecule has 0 atom stereocenters. The highest BCUT2D eigenvalue weighted by Gasteiger charge is 2.09. The Morgan fingerprint density at radius 2 is 1.81 bits per heavy atom. The van der Waals surface area contributed by atoms with Gasteiger partial charge < -0.3 is 10.6 Å². The lowest BCUT2D eigenvalue weighted by Crippen LogP contribution is -2.28. The van der Waals surface area contributed by atoms with E-state index < -0.39 is 0 Å². The normalized spacial score (nSPS) is 10.7. The Labute approximate surface area is 179 Å². The zero-order valence-corrected chi connectivity index (χ0v) is 17.8. The Kier molecular flexibility index (Phi) is 6.70.